The first-order valence-electron chi connectivity index (χ1n) is 11.7. The van der Waals surface area contributed by atoms with Gasteiger partial charge in [-0.15, -0.1) is 0 Å². The Morgan fingerprint density at radius 2 is 1.83 bits per heavy atom. The fraction of sp³-hybridized carbons (Fsp3) is 0.185. The number of H-pyrrole nitrogens is 1. The molecule has 1 aliphatic heterocycles. The average Bonchev–Trinajstić information content (AvgIpc) is 3.37. The first-order valence-corrected chi connectivity index (χ1v) is 11.7. The first kappa shape index (κ1) is 22.0. The summed E-state index contributed by atoms with van der Waals surface area (Å²) in [5.74, 6) is -0.0177. The van der Waals surface area contributed by atoms with E-state index in [2.05, 4.69) is 30.5 Å². The van der Waals surface area contributed by atoms with E-state index in [0.717, 1.165) is 63.6 Å². The fourth-order valence-electron chi connectivity index (χ4n) is 4.09. The van der Waals surface area contributed by atoms with Gasteiger partial charge in [0.1, 0.15) is 5.69 Å². The number of aryl methyl sites for hydroxylation is 1. The molecule has 0 unspecified atom stereocenters. The molecular weight excluding hydrogens is 454 g/mol. The van der Waals surface area contributed by atoms with Gasteiger partial charge >= 0.3 is 5.97 Å². The molecular formula is C27H23N7O2. The third-order valence-corrected chi connectivity index (χ3v) is 6.22. The molecule has 0 amide bonds. The number of nitrogens with zero attached hydrogens (tertiary/aromatic N) is 5. The molecule has 0 bridgehead atoms. The zero-order chi connectivity index (χ0) is 24.5. The van der Waals surface area contributed by atoms with Crippen molar-refractivity contribution >= 4 is 17.0 Å². The molecule has 1 fully saturated rings. The van der Waals surface area contributed by atoms with Crippen LogP contribution in [0.4, 0.5) is 0 Å². The maximum Gasteiger partial charge on any atom is 0.356 e. The molecule has 1 aliphatic rings. The van der Waals surface area contributed by atoms with Crippen LogP contribution in [0.25, 0.3) is 44.8 Å². The molecule has 2 N–H and O–H groups in total. The number of fused-ring (bicyclic) bond motifs is 1. The lowest BCUT2D eigenvalue weighted by Crippen LogP contribution is -2.44. The van der Waals surface area contributed by atoms with E-state index < -0.39 is 5.97 Å². The van der Waals surface area contributed by atoms with Gasteiger partial charge in [-0.05, 0) is 43.3 Å². The third kappa shape index (κ3) is 4.32. The van der Waals surface area contributed by atoms with E-state index in [1.54, 1.807) is 24.7 Å². The van der Waals surface area contributed by atoms with E-state index in [9.17, 15) is 4.79 Å². The zero-order valence-corrected chi connectivity index (χ0v) is 19.6. The highest BCUT2D eigenvalue weighted by atomic mass is 16.5. The van der Waals surface area contributed by atoms with Crippen molar-refractivity contribution in [3.63, 3.8) is 0 Å². The van der Waals surface area contributed by atoms with Gasteiger partial charge in [0.05, 0.1) is 40.9 Å². The summed E-state index contributed by atoms with van der Waals surface area (Å²) < 4.78 is 5.36. The Morgan fingerprint density at radius 1 is 0.944 bits per heavy atom. The van der Waals surface area contributed by atoms with Crippen molar-refractivity contribution in [2.45, 2.75) is 6.92 Å². The molecule has 9 heteroatoms. The van der Waals surface area contributed by atoms with Crippen molar-refractivity contribution in [3.05, 3.63) is 78.5 Å². The second kappa shape index (κ2) is 9.27. The van der Waals surface area contributed by atoms with Crippen LogP contribution in [0.3, 0.4) is 0 Å². The lowest BCUT2D eigenvalue weighted by atomic mass is 10.1. The number of carbonyl (C=O) groups excluding carboxylic acids is 1. The fourth-order valence-corrected chi connectivity index (χ4v) is 4.09. The molecule has 178 valence electrons. The van der Waals surface area contributed by atoms with Crippen LogP contribution >= 0.6 is 0 Å². The molecule has 5 aromatic heterocycles. The Hall–Kier alpha value is -4.50. The predicted octanol–water partition coefficient (Wildman–Crippen LogP) is 3.83. The number of nitrogens with one attached hydrogen (secondary N) is 2. The number of esters is 1. The number of aromatic nitrogens is 6. The van der Waals surface area contributed by atoms with E-state index in [1.165, 1.54) is 0 Å². The summed E-state index contributed by atoms with van der Waals surface area (Å²) >= 11 is 0. The summed E-state index contributed by atoms with van der Waals surface area (Å²) in [4.78, 5) is 30.6. The van der Waals surface area contributed by atoms with Gasteiger partial charge < -0.3 is 10.1 Å². The Morgan fingerprint density at radius 3 is 2.61 bits per heavy atom. The summed E-state index contributed by atoms with van der Waals surface area (Å²) in [6.45, 7) is 4.14. The summed E-state index contributed by atoms with van der Waals surface area (Å²) in [6, 6.07) is 15.2. The molecule has 5 aromatic rings. The standard InChI is InChI=1S/C27H23N7O2/c1-16-3-2-4-23(32-16)26-20(14-31-34-26)21-7-8-22-25(33-21)9-19(13-29-22)18-5-6-24(30-12-18)27(35)36-15-17-10-28-11-17/h2-9,12-14,17,28H,10-11,15H2,1H3,(H,31,34). The monoisotopic (exact) mass is 477 g/mol. The maximum absolute atomic E-state index is 12.3. The maximum atomic E-state index is 12.3. The van der Waals surface area contributed by atoms with Crippen molar-refractivity contribution in [2.24, 2.45) is 5.92 Å². The highest BCUT2D eigenvalue weighted by molar-refractivity contribution is 5.88. The highest BCUT2D eigenvalue weighted by Crippen LogP contribution is 2.30. The van der Waals surface area contributed by atoms with Crippen molar-refractivity contribution in [2.75, 3.05) is 19.7 Å². The molecule has 0 saturated carbocycles. The summed E-state index contributed by atoms with van der Waals surface area (Å²) in [6.07, 6.45) is 5.20. The molecule has 0 aliphatic carbocycles. The summed E-state index contributed by atoms with van der Waals surface area (Å²) in [7, 11) is 0. The number of pyridine rings is 4. The summed E-state index contributed by atoms with van der Waals surface area (Å²) in [5, 5.41) is 10.4. The van der Waals surface area contributed by atoms with Crippen LogP contribution in [0.1, 0.15) is 16.2 Å². The molecule has 36 heavy (non-hydrogen) atoms. The molecule has 1 saturated heterocycles. The van der Waals surface area contributed by atoms with Crippen molar-refractivity contribution in [1.82, 2.24) is 35.5 Å². The number of carbonyl (C=O) groups is 1. The van der Waals surface area contributed by atoms with Gasteiger partial charge in [-0.25, -0.2) is 14.8 Å². The second-order valence-corrected chi connectivity index (χ2v) is 8.84. The minimum Gasteiger partial charge on any atom is -0.461 e. The molecule has 6 rings (SSSR count). The lowest BCUT2D eigenvalue weighted by Gasteiger charge is -2.26. The molecule has 0 spiro atoms. The average molecular weight is 478 g/mol. The number of aromatic amines is 1. The van der Waals surface area contributed by atoms with Gasteiger partial charge in [-0.1, -0.05) is 12.1 Å². The number of ether oxygens (including phenoxy) is 1. The van der Waals surface area contributed by atoms with Gasteiger partial charge in [-0.3, -0.25) is 15.1 Å². The Kier molecular flexibility index (Phi) is 5.67. The van der Waals surface area contributed by atoms with E-state index >= 15 is 0 Å². The number of hydrogen-bond donors (Lipinski definition) is 2. The zero-order valence-electron chi connectivity index (χ0n) is 19.6. The topological polar surface area (TPSA) is 119 Å². The molecule has 9 nitrogen and oxygen atoms in total. The predicted molar refractivity (Wildman–Crippen MR) is 135 cm³/mol. The normalized spacial score (nSPS) is 13.5. The van der Waals surface area contributed by atoms with Crippen LogP contribution in [-0.2, 0) is 4.74 Å². The minimum atomic E-state index is -0.407. The minimum absolute atomic E-state index is 0.289. The van der Waals surface area contributed by atoms with E-state index in [-0.39, 0.29) is 5.69 Å². The number of hydrogen-bond acceptors (Lipinski definition) is 8. The quantitative estimate of drug-likeness (QED) is 0.354. The van der Waals surface area contributed by atoms with Crippen molar-refractivity contribution in [3.8, 4) is 33.8 Å². The van der Waals surface area contributed by atoms with Gasteiger partial charge in [0.25, 0.3) is 0 Å². The smallest absolute Gasteiger partial charge is 0.356 e. The Bertz CT molecular complexity index is 1560. The lowest BCUT2D eigenvalue weighted by molar-refractivity contribution is 0.0391. The molecule has 0 aromatic carbocycles. The van der Waals surface area contributed by atoms with Crippen LogP contribution < -0.4 is 5.32 Å². The van der Waals surface area contributed by atoms with E-state index in [4.69, 9.17) is 9.72 Å². The molecule has 6 heterocycles. The van der Waals surface area contributed by atoms with Gasteiger partial charge in [0, 0.05) is 53.8 Å². The largest absolute Gasteiger partial charge is 0.461 e. The first-order chi connectivity index (χ1) is 17.6. The molecule has 0 atom stereocenters. The van der Waals surface area contributed by atoms with E-state index in [0.29, 0.717) is 12.5 Å². The molecule has 0 radical (unpaired) electrons. The number of rotatable bonds is 6. The third-order valence-electron chi connectivity index (χ3n) is 6.22. The SMILES string of the molecule is Cc1cccc(-c2[nH]ncc2-c2ccc3ncc(-c4ccc(C(=O)OCC5CNC5)nc4)cc3n2)n1. The van der Waals surface area contributed by atoms with Crippen molar-refractivity contribution < 1.29 is 9.53 Å². The Balaban J connectivity index is 1.27. The highest BCUT2D eigenvalue weighted by Gasteiger charge is 2.19. The van der Waals surface area contributed by atoms with Gasteiger partial charge in [0.2, 0.25) is 0 Å². The van der Waals surface area contributed by atoms with Crippen molar-refractivity contribution in [1.29, 1.82) is 0 Å². The van der Waals surface area contributed by atoms with Crippen LogP contribution in [-0.4, -0.2) is 55.8 Å². The van der Waals surface area contributed by atoms with Gasteiger partial charge in [0.15, 0.2) is 0 Å². The second-order valence-electron chi connectivity index (χ2n) is 8.84. The van der Waals surface area contributed by atoms with Crippen LogP contribution in [0.5, 0.6) is 0 Å². The summed E-state index contributed by atoms with van der Waals surface area (Å²) in [5.41, 5.74) is 7.69. The Labute approximate surface area is 207 Å². The van der Waals surface area contributed by atoms with E-state index in [1.807, 2.05) is 49.4 Å². The van der Waals surface area contributed by atoms with Crippen LogP contribution in [0.2, 0.25) is 0 Å². The van der Waals surface area contributed by atoms with Gasteiger partial charge in [-0.2, -0.15) is 5.10 Å². The van der Waals surface area contributed by atoms with Crippen LogP contribution in [0.15, 0.2) is 67.1 Å². The van der Waals surface area contributed by atoms with Crippen LogP contribution in [0, 0.1) is 12.8 Å².